The molecule has 1 aromatic heterocycles. The molecule has 0 unspecified atom stereocenters. The number of para-hydroxylation sites is 1. The maximum atomic E-state index is 13.0. The lowest BCUT2D eigenvalue weighted by atomic mass is 9.97. The van der Waals surface area contributed by atoms with Crippen LogP contribution >= 0.6 is 23.2 Å². The lowest BCUT2D eigenvalue weighted by Gasteiger charge is -2.32. The fourth-order valence-corrected chi connectivity index (χ4v) is 6.47. The Labute approximate surface area is 217 Å². The fraction of sp³-hybridized carbons (Fsp3) is 0.391. The van der Waals surface area contributed by atoms with Crippen molar-refractivity contribution >= 4 is 55.9 Å². The van der Waals surface area contributed by atoms with Crippen molar-refractivity contribution < 1.29 is 21.6 Å². The number of benzene rings is 2. The third-order valence-corrected chi connectivity index (χ3v) is 8.39. The van der Waals surface area contributed by atoms with Gasteiger partial charge in [0, 0.05) is 39.1 Å². The van der Waals surface area contributed by atoms with Crippen LogP contribution in [0.25, 0.3) is 10.9 Å². The fourth-order valence-electron chi connectivity index (χ4n) is 4.15. The molecule has 1 fully saturated rings. The van der Waals surface area contributed by atoms with Crippen molar-refractivity contribution in [3.63, 3.8) is 0 Å². The highest BCUT2D eigenvalue weighted by Crippen LogP contribution is 2.38. The number of rotatable bonds is 6. The molecule has 2 aromatic carbocycles. The monoisotopic (exact) mass is 561 g/mol. The van der Waals surface area contributed by atoms with E-state index in [2.05, 4.69) is 9.62 Å². The van der Waals surface area contributed by atoms with Crippen molar-refractivity contribution in [2.45, 2.75) is 23.9 Å². The largest absolute Gasteiger partial charge is 0.416 e. The van der Waals surface area contributed by atoms with E-state index in [4.69, 9.17) is 33.2 Å². The van der Waals surface area contributed by atoms with Crippen LogP contribution in [-0.4, -0.2) is 52.1 Å². The number of nitrogens with one attached hydrogen (secondary N) is 1. The van der Waals surface area contributed by atoms with Gasteiger partial charge in [0.05, 0.1) is 21.1 Å². The summed E-state index contributed by atoms with van der Waals surface area (Å²) in [5.41, 5.74) is -0.275. The Bertz CT molecular complexity index is 1350. The highest BCUT2D eigenvalue weighted by atomic mass is 35.5. The second-order valence-electron chi connectivity index (χ2n) is 8.81. The highest BCUT2D eigenvalue weighted by molar-refractivity contribution is 7.89. The van der Waals surface area contributed by atoms with Gasteiger partial charge in [-0.15, -0.1) is 0 Å². The summed E-state index contributed by atoms with van der Waals surface area (Å²) in [5, 5.41) is -0.208. The lowest BCUT2D eigenvalue weighted by molar-refractivity contribution is -0.137. The van der Waals surface area contributed by atoms with E-state index in [1.165, 1.54) is 0 Å². The van der Waals surface area contributed by atoms with Gasteiger partial charge in [-0.3, -0.25) is 0 Å². The molecule has 3 aromatic rings. The summed E-state index contributed by atoms with van der Waals surface area (Å²) >= 11 is 11.8. The van der Waals surface area contributed by atoms with Crippen LogP contribution in [0.3, 0.4) is 0 Å². The maximum Gasteiger partial charge on any atom is 0.416 e. The molecule has 1 saturated heterocycles. The third-order valence-electron chi connectivity index (χ3n) is 6.05. The Balaban J connectivity index is 1.43. The molecule has 1 aliphatic heterocycles. The van der Waals surface area contributed by atoms with Crippen molar-refractivity contribution in [3.8, 4) is 0 Å². The molecule has 0 atom stereocenters. The normalized spacial score (nSPS) is 15.5. The molecule has 36 heavy (non-hydrogen) atoms. The number of aromatic nitrogens is 2. The standard InChI is InChI=1S/C23H24Cl2F3N5O2S/c1-32(2)21-16-5-3-4-6-19(16)30-22(31-21)33-9-7-14(8-10-33)13-29-36(34,35)20-17(24)11-15(12-18(20)25)23(26,27)28/h3-6,11-12,14,29H,7-10,13H2,1-2H3. The van der Waals surface area contributed by atoms with E-state index in [9.17, 15) is 21.6 Å². The van der Waals surface area contributed by atoms with E-state index in [1.807, 2.05) is 43.3 Å². The van der Waals surface area contributed by atoms with Gasteiger partial charge in [-0.1, -0.05) is 35.3 Å². The molecule has 0 spiro atoms. The summed E-state index contributed by atoms with van der Waals surface area (Å²) in [6.45, 7) is 1.35. The Kier molecular flexibility index (Phi) is 7.57. The number of hydrogen-bond acceptors (Lipinski definition) is 6. The van der Waals surface area contributed by atoms with E-state index in [-0.39, 0.29) is 12.5 Å². The molecule has 0 bridgehead atoms. The maximum absolute atomic E-state index is 13.0. The van der Waals surface area contributed by atoms with Crippen molar-refractivity contribution in [1.82, 2.24) is 14.7 Å². The quantitative estimate of drug-likeness (QED) is 0.444. The number of nitrogens with zero attached hydrogens (tertiary/aromatic N) is 4. The first-order valence-electron chi connectivity index (χ1n) is 11.1. The van der Waals surface area contributed by atoms with Crippen molar-refractivity contribution in [1.29, 1.82) is 0 Å². The van der Waals surface area contributed by atoms with Crippen LogP contribution in [-0.2, 0) is 16.2 Å². The average molecular weight is 562 g/mol. The summed E-state index contributed by atoms with van der Waals surface area (Å²) in [7, 11) is -0.368. The number of anilines is 2. The highest BCUT2D eigenvalue weighted by Gasteiger charge is 2.34. The summed E-state index contributed by atoms with van der Waals surface area (Å²) in [6, 6.07) is 8.90. The zero-order valence-electron chi connectivity index (χ0n) is 19.5. The molecule has 7 nitrogen and oxygen atoms in total. The number of sulfonamides is 1. The molecule has 13 heteroatoms. The van der Waals surface area contributed by atoms with E-state index < -0.39 is 36.7 Å². The van der Waals surface area contributed by atoms with Crippen LogP contribution in [0.15, 0.2) is 41.3 Å². The second kappa shape index (κ2) is 10.2. The minimum absolute atomic E-state index is 0.0109. The summed E-state index contributed by atoms with van der Waals surface area (Å²) in [5.74, 6) is 1.44. The number of hydrogen-bond donors (Lipinski definition) is 1. The average Bonchev–Trinajstić information content (AvgIpc) is 2.81. The van der Waals surface area contributed by atoms with Gasteiger partial charge in [-0.25, -0.2) is 18.1 Å². The van der Waals surface area contributed by atoms with Crippen LogP contribution in [0.4, 0.5) is 24.9 Å². The van der Waals surface area contributed by atoms with E-state index in [0.717, 1.165) is 16.7 Å². The molecule has 0 aliphatic carbocycles. The molecule has 0 amide bonds. The first kappa shape index (κ1) is 26.7. The predicted octanol–water partition coefficient (Wildman–Crippen LogP) is 5.22. The molecule has 0 saturated carbocycles. The Morgan fingerprint density at radius 3 is 2.28 bits per heavy atom. The van der Waals surface area contributed by atoms with Crippen molar-refractivity contribution in [2.75, 3.05) is 43.5 Å². The molecule has 4 rings (SSSR count). The number of halogens is 5. The van der Waals surface area contributed by atoms with Crippen LogP contribution in [0.1, 0.15) is 18.4 Å². The SMILES string of the molecule is CN(C)c1nc(N2CCC(CNS(=O)(=O)c3c(Cl)cc(C(F)(F)F)cc3Cl)CC2)nc2ccccc12. The number of alkyl halides is 3. The molecule has 194 valence electrons. The smallest absolute Gasteiger partial charge is 0.362 e. The van der Waals surface area contributed by atoms with Gasteiger partial charge < -0.3 is 9.80 Å². The molecule has 1 N–H and O–H groups in total. The van der Waals surface area contributed by atoms with E-state index >= 15 is 0 Å². The summed E-state index contributed by atoms with van der Waals surface area (Å²) in [6.07, 6.45) is -3.35. The van der Waals surface area contributed by atoms with Crippen molar-refractivity contribution in [2.24, 2.45) is 5.92 Å². The Hall–Kier alpha value is -2.34. The predicted molar refractivity (Wildman–Crippen MR) is 135 cm³/mol. The third kappa shape index (κ3) is 5.64. The first-order chi connectivity index (χ1) is 16.9. The minimum atomic E-state index is -4.70. The molecular formula is C23H24Cl2F3N5O2S. The number of fused-ring (bicyclic) bond motifs is 1. The van der Waals surface area contributed by atoms with Crippen LogP contribution in [0.2, 0.25) is 10.0 Å². The Morgan fingerprint density at radius 1 is 1.08 bits per heavy atom. The van der Waals surface area contributed by atoms with Gasteiger partial charge in [-0.2, -0.15) is 18.2 Å². The second-order valence-corrected chi connectivity index (χ2v) is 11.3. The van der Waals surface area contributed by atoms with Crippen LogP contribution in [0.5, 0.6) is 0 Å². The van der Waals surface area contributed by atoms with E-state index in [1.54, 1.807) is 0 Å². The van der Waals surface area contributed by atoms with Gasteiger partial charge in [-0.05, 0) is 43.0 Å². The van der Waals surface area contributed by atoms with Crippen LogP contribution in [0, 0.1) is 5.92 Å². The van der Waals surface area contributed by atoms with Gasteiger partial charge in [0.25, 0.3) is 0 Å². The molecule has 2 heterocycles. The topological polar surface area (TPSA) is 78.4 Å². The number of piperidine rings is 1. The van der Waals surface area contributed by atoms with Gasteiger partial charge in [0.15, 0.2) is 0 Å². The molecule has 0 radical (unpaired) electrons. The lowest BCUT2D eigenvalue weighted by Crippen LogP contribution is -2.39. The molecular weight excluding hydrogens is 538 g/mol. The zero-order chi connectivity index (χ0) is 26.3. The van der Waals surface area contributed by atoms with Gasteiger partial charge in [0.1, 0.15) is 10.7 Å². The summed E-state index contributed by atoms with van der Waals surface area (Å²) < 4.78 is 66.9. The zero-order valence-corrected chi connectivity index (χ0v) is 21.8. The Morgan fingerprint density at radius 2 is 1.69 bits per heavy atom. The van der Waals surface area contributed by atoms with Gasteiger partial charge in [0.2, 0.25) is 16.0 Å². The minimum Gasteiger partial charge on any atom is -0.362 e. The van der Waals surface area contributed by atoms with E-state index in [0.29, 0.717) is 44.0 Å². The van der Waals surface area contributed by atoms with Crippen molar-refractivity contribution in [3.05, 3.63) is 52.0 Å². The summed E-state index contributed by atoms with van der Waals surface area (Å²) in [4.78, 5) is 12.9. The van der Waals surface area contributed by atoms with Crippen LogP contribution < -0.4 is 14.5 Å². The van der Waals surface area contributed by atoms with Gasteiger partial charge >= 0.3 is 6.18 Å². The first-order valence-corrected chi connectivity index (χ1v) is 13.4. The molecule has 1 aliphatic rings.